The monoisotopic (exact) mass is 271 g/mol. The summed E-state index contributed by atoms with van der Waals surface area (Å²) in [6, 6.07) is 3.80. The van der Waals surface area contributed by atoms with Crippen molar-refractivity contribution in [1.29, 1.82) is 0 Å². The molecule has 0 heterocycles. The first-order valence-corrected chi connectivity index (χ1v) is 6.68. The Morgan fingerprint density at radius 1 is 1.26 bits per heavy atom. The maximum absolute atomic E-state index is 13.6. The van der Waals surface area contributed by atoms with Crippen LogP contribution in [0.15, 0.2) is 18.2 Å². The summed E-state index contributed by atoms with van der Waals surface area (Å²) < 4.78 is 31.5. The summed E-state index contributed by atoms with van der Waals surface area (Å²) in [5.74, 6) is -0.237. The van der Waals surface area contributed by atoms with Crippen LogP contribution in [0.5, 0.6) is 0 Å². The maximum atomic E-state index is 13.6. The molecule has 0 radical (unpaired) electrons. The van der Waals surface area contributed by atoms with Gasteiger partial charge in [-0.2, -0.15) is 0 Å². The largest absolute Gasteiger partial charge is 0.383 e. The van der Waals surface area contributed by atoms with Gasteiger partial charge in [0.15, 0.2) is 0 Å². The van der Waals surface area contributed by atoms with E-state index in [0.29, 0.717) is 30.4 Å². The first kappa shape index (κ1) is 16.1. The lowest BCUT2D eigenvalue weighted by Gasteiger charge is -2.21. The third kappa shape index (κ3) is 5.66. The molecule has 1 unspecified atom stereocenters. The molecule has 1 aromatic rings. The fourth-order valence-electron chi connectivity index (χ4n) is 1.97. The number of halogens is 2. The van der Waals surface area contributed by atoms with Crippen LogP contribution >= 0.6 is 0 Å². The Morgan fingerprint density at radius 3 is 2.58 bits per heavy atom. The summed E-state index contributed by atoms with van der Waals surface area (Å²) >= 11 is 0. The van der Waals surface area contributed by atoms with Gasteiger partial charge in [0, 0.05) is 19.7 Å². The van der Waals surface area contributed by atoms with Gasteiger partial charge >= 0.3 is 0 Å². The van der Waals surface area contributed by atoms with Crippen LogP contribution < -0.4 is 5.32 Å². The molecule has 0 saturated heterocycles. The third-order valence-electron chi connectivity index (χ3n) is 3.33. The van der Waals surface area contributed by atoms with Crippen LogP contribution in [0.2, 0.25) is 0 Å². The molecule has 1 N–H and O–H groups in total. The lowest BCUT2D eigenvalue weighted by molar-refractivity contribution is 0.196. The summed E-state index contributed by atoms with van der Waals surface area (Å²) in [4.78, 5) is 0. The highest BCUT2D eigenvalue weighted by Gasteiger charge is 2.16. The SMILES string of the molecule is COCCNCC(Cc1ccc(F)cc1F)C(C)C. The molecule has 0 fully saturated rings. The third-order valence-corrected chi connectivity index (χ3v) is 3.33. The molecule has 0 bridgehead atoms. The first-order chi connectivity index (χ1) is 9.04. The average molecular weight is 271 g/mol. The van der Waals surface area contributed by atoms with E-state index in [-0.39, 0.29) is 0 Å². The van der Waals surface area contributed by atoms with Crippen LogP contribution in [0.1, 0.15) is 19.4 Å². The molecule has 1 atom stereocenters. The Hall–Kier alpha value is -1.00. The Balaban J connectivity index is 2.57. The topological polar surface area (TPSA) is 21.3 Å². The van der Waals surface area contributed by atoms with Crippen LogP contribution in [0.4, 0.5) is 8.78 Å². The summed E-state index contributed by atoms with van der Waals surface area (Å²) in [7, 11) is 1.66. The van der Waals surface area contributed by atoms with E-state index in [0.717, 1.165) is 19.2 Å². The van der Waals surface area contributed by atoms with E-state index in [4.69, 9.17) is 4.74 Å². The summed E-state index contributed by atoms with van der Waals surface area (Å²) in [5, 5.41) is 3.30. The minimum absolute atomic E-state index is 0.316. The molecule has 0 aliphatic rings. The fraction of sp³-hybridized carbons (Fsp3) is 0.600. The lowest BCUT2D eigenvalue weighted by Crippen LogP contribution is -2.30. The normalized spacial score (nSPS) is 12.9. The zero-order valence-corrected chi connectivity index (χ0v) is 11.9. The average Bonchev–Trinajstić information content (AvgIpc) is 2.35. The minimum atomic E-state index is -0.527. The molecule has 19 heavy (non-hydrogen) atoms. The van der Waals surface area contributed by atoms with Gasteiger partial charge in [-0.3, -0.25) is 0 Å². The van der Waals surface area contributed by atoms with Crippen molar-refractivity contribution in [3.05, 3.63) is 35.4 Å². The van der Waals surface area contributed by atoms with Crippen LogP contribution in [-0.4, -0.2) is 26.8 Å². The van der Waals surface area contributed by atoms with Crippen LogP contribution in [0.25, 0.3) is 0 Å². The summed E-state index contributed by atoms with van der Waals surface area (Å²) in [6.45, 7) is 6.48. The molecular weight excluding hydrogens is 248 g/mol. The van der Waals surface area contributed by atoms with E-state index in [2.05, 4.69) is 19.2 Å². The van der Waals surface area contributed by atoms with E-state index >= 15 is 0 Å². The molecule has 0 spiro atoms. The van der Waals surface area contributed by atoms with Gasteiger partial charge in [0.25, 0.3) is 0 Å². The number of nitrogens with one attached hydrogen (secondary N) is 1. The van der Waals surface area contributed by atoms with E-state index in [9.17, 15) is 8.78 Å². The van der Waals surface area contributed by atoms with E-state index in [1.54, 1.807) is 7.11 Å². The second-order valence-electron chi connectivity index (χ2n) is 5.14. The predicted molar refractivity (Wildman–Crippen MR) is 73.1 cm³/mol. The van der Waals surface area contributed by atoms with Crippen molar-refractivity contribution in [2.24, 2.45) is 11.8 Å². The molecule has 0 aliphatic heterocycles. The summed E-state index contributed by atoms with van der Waals surface area (Å²) in [6.07, 6.45) is 0.615. The molecule has 1 aromatic carbocycles. The molecule has 0 amide bonds. The second kappa shape index (κ2) is 8.23. The van der Waals surface area contributed by atoms with Gasteiger partial charge in [0.1, 0.15) is 11.6 Å². The fourth-order valence-corrected chi connectivity index (χ4v) is 1.97. The number of methoxy groups -OCH3 is 1. The Bertz CT molecular complexity index is 382. The number of hydrogen-bond acceptors (Lipinski definition) is 2. The van der Waals surface area contributed by atoms with Crippen molar-refractivity contribution in [2.75, 3.05) is 26.8 Å². The number of benzene rings is 1. The van der Waals surface area contributed by atoms with Crippen molar-refractivity contribution in [3.63, 3.8) is 0 Å². The van der Waals surface area contributed by atoms with Gasteiger partial charge in [-0.1, -0.05) is 19.9 Å². The van der Waals surface area contributed by atoms with Gasteiger partial charge in [-0.15, -0.1) is 0 Å². The van der Waals surface area contributed by atoms with Crippen molar-refractivity contribution in [3.8, 4) is 0 Å². The highest BCUT2D eigenvalue weighted by atomic mass is 19.1. The molecule has 2 nitrogen and oxygen atoms in total. The molecule has 4 heteroatoms. The van der Waals surface area contributed by atoms with E-state index < -0.39 is 11.6 Å². The number of rotatable bonds is 8. The van der Waals surface area contributed by atoms with Gasteiger partial charge in [-0.05, 0) is 36.4 Å². The van der Waals surface area contributed by atoms with E-state index in [1.807, 2.05) is 0 Å². The van der Waals surface area contributed by atoms with Gasteiger partial charge < -0.3 is 10.1 Å². The minimum Gasteiger partial charge on any atom is -0.383 e. The van der Waals surface area contributed by atoms with Gasteiger partial charge in [0.2, 0.25) is 0 Å². The lowest BCUT2D eigenvalue weighted by atomic mass is 9.89. The van der Waals surface area contributed by atoms with E-state index in [1.165, 1.54) is 12.1 Å². The Labute approximate surface area is 114 Å². The van der Waals surface area contributed by atoms with Gasteiger partial charge in [0.05, 0.1) is 6.61 Å². The van der Waals surface area contributed by atoms with Gasteiger partial charge in [-0.25, -0.2) is 8.78 Å². The zero-order valence-electron chi connectivity index (χ0n) is 11.9. The Kier molecular flexibility index (Phi) is 6.95. The smallest absolute Gasteiger partial charge is 0.129 e. The van der Waals surface area contributed by atoms with Crippen molar-refractivity contribution in [2.45, 2.75) is 20.3 Å². The maximum Gasteiger partial charge on any atom is 0.129 e. The highest BCUT2D eigenvalue weighted by molar-refractivity contribution is 5.19. The molecule has 0 aliphatic carbocycles. The quantitative estimate of drug-likeness (QED) is 0.734. The molecule has 0 aromatic heterocycles. The standard InChI is InChI=1S/C15H23F2NO/c1-11(2)13(10-18-6-7-19-3)8-12-4-5-14(16)9-15(12)17/h4-5,9,11,13,18H,6-8,10H2,1-3H3. The predicted octanol–water partition coefficient (Wildman–Crippen LogP) is 3.02. The zero-order chi connectivity index (χ0) is 14.3. The number of ether oxygens (including phenoxy) is 1. The molecule has 108 valence electrons. The number of hydrogen-bond donors (Lipinski definition) is 1. The summed E-state index contributed by atoms with van der Waals surface area (Å²) in [5.41, 5.74) is 0.577. The molecule has 0 saturated carbocycles. The van der Waals surface area contributed by atoms with Crippen LogP contribution in [0, 0.1) is 23.5 Å². The molecule has 1 rings (SSSR count). The Morgan fingerprint density at radius 2 is 2.00 bits per heavy atom. The van der Waals surface area contributed by atoms with Crippen LogP contribution in [-0.2, 0) is 11.2 Å². The highest BCUT2D eigenvalue weighted by Crippen LogP contribution is 2.19. The van der Waals surface area contributed by atoms with Crippen molar-refractivity contribution in [1.82, 2.24) is 5.32 Å². The van der Waals surface area contributed by atoms with Crippen molar-refractivity contribution < 1.29 is 13.5 Å². The van der Waals surface area contributed by atoms with Crippen LogP contribution in [0.3, 0.4) is 0 Å². The van der Waals surface area contributed by atoms with Crippen molar-refractivity contribution >= 4 is 0 Å². The second-order valence-corrected chi connectivity index (χ2v) is 5.14. The molecular formula is C15H23F2NO. The first-order valence-electron chi connectivity index (χ1n) is 6.68.